The van der Waals surface area contributed by atoms with Crippen molar-refractivity contribution in [2.75, 3.05) is 0 Å². The molecule has 0 aliphatic carbocycles. The fourth-order valence-electron chi connectivity index (χ4n) is 4.60. The van der Waals surface area contributed by atoms with Crippen LogP contribution in [0.2, 0.25) is 5.02 Å². The Balaban J connectivity index is 1.41. The average Bonchev–Trinajstić information content (AvgIpc) is 3.28. The number of nitrogens with one attached hydrogen (secondary N) is 1. The molecule has 0 fully saturated rings. The normalized spacial score (nSPS) is 11.5. The first-order valence-electron chi connectivity index (χ1n) is 12.8. The van der Waals surface area contributed by atoms with Crippen LogP contribution in [0.15, 0.2) is 102 Å². The third kappa shape index (κ3) is 5.90. The Morgan fingerprint density at radius 3 is 2.38 bits per heavy atom. The second-order valence-electron chi connectivity index (χ2n) is 9.34. The number of carbonyl (C=O) groups excluding carboxylic acids is 1. The zero-order valence-electron chi connectivity index (χ0n) is 21.5. The highest BCUT2D eigenvalue weighted by atomic mass is 35.5. The Morgan fingerprint density at radius 1 is 0.923 bits per heavy atom. The predicted octanol–water partition coefficient (Wildman–Crippen LogP) is 6.87. The van der Waals surface area contributed by atoms with Gasteiger partial charge in [0.25, 0.3) is 15.9 Å². The summed E-state index contributed by atoms with van der Waals surface area (Å²) in [5.41, 5.74) is 4.75. The molecule has 39 heavy (non-hydrogen) atoms. The van der Waals surface area contributed by atoms with Gasteiger partial charge in [0.2, 0.25) is 0 Å². The molecule has 5 aromatic rings. The lowest BCUT2D eigenvalue weighted by Crippen LogP contribution is -2.30. The van der Waals surface area contributed by atoms with Gasteiger partial charge in [0.05, 0.1) is 15.9 Å². The van der Waals surface area contributed by atoms with E-state index in [1.54, 1.807) is 30.3 Å². The monoisotopic (exact) mass is 557 g/mol. The van der Waals surface area contributed by atoms with Crippen LogP contribution in [0.5, 0.6) is 0 Å². The number of imidazole rings is 1. The van der Waals surface area contributed by atoms with Crippen molar-refractivity contribution < 1.29 is 13.2 Å². The van der Waals surface area contributed by atoms with E-state index >= 15 is 0 Å². The first-order valence-corrected chi connectivity index (χ1v) is 14.7. The van der Waals surface area contributed by atoms with Crippen molar-refractivity contribution >= 4 is 38.6 Å². The minimum Gasteiger partial charge on any atom is -0.323 e. The van der Waals surface area contributed by atoms with Gasteiger partial charge in [-0.15, -0.1) is 0 Å². The molecule has 1 N–H and O–H groups in total. The number of sulfonamides is 1. The summed E-state index contributed by atoms with van der Waals surface area (Å²) in [4.78, 5) is 17.9. The Hall–Kier alpha value is -3.94. The highest BCUT2D eigenvalue weighted by Gasteiger charge is 2.21. The third-order valence-electron chi connectivity index (χ3n) is 6.60. The fourth-order valence-corrected chi connectivity index (χ4v) is 5.75. The van der Waals surface area contributed by atoms with Crippen molar-refractivity contribution in [2.45, 2.75) is 37.6 Å². The van der Waals surface area contributed by atoms with Crippen molar-refractivity contribution in [3.63, 3.8) is 0 Å². The van der Waals surface area contributed by atoms with Gasteiger partial charge in [-0.2, -0.15) is 0 Å². The molecule has 8 heteroatoms. The van der Waals surface area contributed by atoms with Gasteiger partial charge >= 0.3 is 0 Å². The standard InChI is InChI=1S/C31H28ClN3O3S/c1-2-3-13-30-33-28-20-24(32)18-19-29(28)35(30)21-22-14-16-23(17-15-22)26-11-7-8-12-27(26)31(36)34-39(37,38)25-9-5-4-6-10-25/h4-12,14-20H,2-3,13,21H2,1H3,(H,34,36). The number of aromatic nitrogens is 2. The van der Waals surface area contributed by atoms with Crippen molar-refractivity contribution in [1.29, 1.82) is 0 Å². The Morgan fingerprint density at radius 2 is 1.64 bits per heavy atom. The summed E-state index contributed by atoms with van der Waals surface area (Å²) in [7, 11) is -3.99. The molecule has 0 saturated carbocycles. The number of rotatable bonds is 9. The SMILES string of the molecule is CCCCc1nc2cc(Cl)ccc2n1Cc1ccc(-c2ccccc2C(=O)NS(=O)(=O)c2ccccc2)cc1. The zero-order valence-corrected chi connectivity index (χ0v) is 23.0. The molecule has 0 spiro atoms. The Kier molecular flexibility index (Phi) is 7.82. The molecule has 1 amide bonds. The number of aryl methyl sites for hydroxylation is 1. The van der Waals surface area contributed by atoms with Crippen LogP contribution >= 0.6 is 11.6 Å². The summed E-state index contributed by atoms with van der Waals surface area (Å²) in [6.07, 6.45) is 3.02. The number of unbranched alkanes of at least 4 members (excludes halogenated alkanes) is 1. The van der Waals surface area contributed by atoms with E-state index in [0.29, 0.717) is 17.1 Å². The molecule has 0 bridgehead atoms. The van der Waals surface area contributed by atoms with Gasteiger partial charge in [0, 0.05) is 23.6 Å². The highest BCUT2D eigenvalue weighted by Crippen LogP contribution is 2.27. The minimum atomic E-state index is -3.99. The Bertz CT molecular complexity index is 1730. The van der Waals surface area contributed by atoms with Crippen molar-refractivity contribution in [1.82, 2.24) is 14.3 Å². The Labute approximate surface area is 233 Å². The molecule has 0 saturated heterocycles. The van der Waals surface area contributed by atoms with Crippen LogP contribution in [-0.4, -0.2) is 23.9 Å². The molecular weight excluding hydrogens is 530 g/mol. The number of benzene rings is 4. The third-order valence-corrected chi connectivity index (χ3v) is 8.18. The lowest BCUT2D eigenvalue weighted by molar-refractivity contribution is 0.0982. The smallest absolute Gasteiger partial charge is 0.265 e. The molecule has 5 rings (SSSR count). The molecular formula is C31H28ClN3O3S. The summed E-state index contributed by atoms with van der Waals surface area (Å²) in [6, 6.07) is 28.6. The van der Waals surface area contributed by atoms with Crippen molar-refractivity contribution in [2.24, 2.45) is 0 Å². The van der Waals surface area contributed by atoms with Crippen LogP contribution in [0.25, 0.3) is 22.2 Å². The van der Waals surface area contributed by atoms with Gasteiger partial charge in [0.1, 0.15) is 5.82 Å². The van der Waals surface area contributed by atoms with E-state index in [9.17, 15) is 13.2 Å². The summed E-state index contributed by atoms with van der Waals surface area (Å²) in [5.74, 6) is 0.350. The molecule has 0 atom stereocenters. The van der Waals surface area contributed by atoms with Gasteiger partial charge in [-0.1, -0.05) is 85.6 Å². The second kappa shape index (κ2) is 11.4. The van der Waals surface area contributed by atoms with Crippen LogP contribution in [0.3, 0.4) is 0 Å². The van der Waals surface area contributed by atoms with Crippen LogP contribution in [0.4, 0.5) is 0 Å². The van der Waals surface area contributed by atoms with Gasteiger partial charge in [-0.25, -0.2) is 18.1 Å². The minimum absolute atomic E-state index is 0.0350. The summed E-state index contributed by atoms with van der Waals surface area (Å²) < 4.78 is 29.9. The molecule has 4 aromatic carbocycles. The lowest BCUT2D eigenvalue weighted by atomic mass is 9.98. The number of hydrogen-bond acceptors (Lipinski definition) is 4. The van der Waals surface area contributed by atoms with Gasteiger partial charge in [0.15, 0.2) is 0 Å². The number of fused-ring (bicyclic) bond motifs is 1. The maximum Gasteiger partial charge on any atom is 0.265 e. The predicted molar refractivity (Wildman–Crippen MR) is 155 cm³/mol. The summed E-state index contributed by atoms with van der Waals surface area (Å²) in [6.45, 7) is 2.81. The molecule has 0 aliphatic heterocycles. The van der Waals surface area contributed by atoms with Gasteiger partial charge in [-0.3, -0.25) is 4.79 Å². The zero-order chi connectivity index (χ0) is 27.4. The number of hydrogen-bond donors (Lipinski definition) is 1. The molecule has 0 aliphatic rings. The maximum atomic E-state index is 13.1. The van der Waals surface area contributed by atoms with Gasteiger partial charge in [-0.05, 0) is 59.5 Å². The van der Waals surface area contributed by atoms with E-state index < -0.39 is 15.9 Å². The maximum absolute atomic E-state index is 13.1. The highest BCUT2D eigenvalue weighted by molar-refractivity contribution is 7.90. The van der Waals surface area contributed by atoms with E-state index in [2.05, 4.69) is 16.2 Å². The molecule has 0 unspecified atom stereocenters. The van der Waals surface area contributed by atoms with Crippen LogP contribution in [0, 0.1) is 0 Å². The molecule has 1 aromatic heterocycles. The van der Waals surface area contributed by atoms with Gasteiger partial charge < -0.3 is 4.57 Å². The summed E-state index contributed by atoms with van der Waals surface area (Å²) in [5, 5.41) is 0.665. The van der Waals surface area contributed by atoms with Crippen molar-refractivity contribution in [3.8, 4) is 11.1 Å². The quantitative estimate of drug-likeness (QED) is 0.214. The number of carbonyl (C=O) groups is 1. The molecule has 198 valence electrons. The van der Waals surface area contributed by atoms with Crippen LogP contribution in [0.1, 0.15) is 41.5 Å². The first-order chi connectivity index (χ1) is 18.9. The van der Waals surface area contributed by atoms with E-state index in [0.717, 1.165) is 47.2 Å². The molecule has 6 nitrogen and oxygen atoms in total. The first kappa shape index (κ1) is 26.7. The summed E-state index contributed by atoms with van der Waals surface area (Å²) >= 11 is 6.21. The number of nitrogens with zero attached hydrogens (tertiary/aromatic N) is 2. The lowest BCUT2D eigenvalue weighted by Gasteiger charge is -2.13. The van der Waals surface area contributed by atoms with E-state index in [1.807, 2.05) is 54.6 Å². The fraction of sp³-hybridized carbons (Fsp3) is 0.161. The molecule has 0 radical (unpaired) electrons. The van der Waals surface area contributed by atoms with E-state index in [-0.39, 0.29) is 10.5 Å². The van der Waals surface area contributed by atoms with E-state index in [1.165, 1.54) is 12.1 Å². The number of amides is 1. The molecule has 1 heterocycles. The van der Waals surface area contributed by atoms with Crippen LogP contribution < -0.4 is 4.72 Å². The largest absolute Gasteiger partial charge is 0.323 e. The van der Waals surface area contributed by atoms with Crippen molar-refractivity contribution in [3.05, 3.63) is 119 Å². The van der Waals surface area contributed by atoms with E-state index in [4.69, 9.17) is 16.6 Å². The second-order valence-corrected chi connectivity index (χ2v) is 11.5. The van der Waals surface area contributed by atoms with Crippen LogP contribution in [-0.2, 0) is 23.0 Å². The topological polar surface area (TPSA) is 81.1 Å². The number of halogens is 1. The average molecular weight is 558 g/mol.